The van der Waals surface area contributed by atoms with E-state index in [2.05, 4.69) is 13.8 Å². The molecule has 50 valence electrons. The molecule has 0 aliphatic carbocycles. The van der Waals surface area contributed by atoms with Gasteiger partial charge in [0.25, 0.3) is 0 Å². The second-order valence-corrected chi connectivity index (χ2v) is 2.51. The minimum absolute atomic E-state index is 0.182. The molecule has 0 aromatic carbocycles. The number of rotatable bonds is 3. The molecule has 0 heterocycles. The van der Waals surface area contributed by atoms with Crippen LogP contribution in [0.2, 0.25) is 0 Å². The molecular formula is C6H14ClN. The minimum Gasteiger partial charge on any atom is -0.326 e. The van der Waals surface area contributed by atoms with Crippen LogP contribution in [0, 0.1) is 5.92 Å². The summed E-state index contributed by atoms with van der Waals surface area (Å²) in [6, 6.07) is 0.182. The number of halogens is 1. The van der Waals surface area contributed by atoms with Gasteiger partial charge in [-0.3, -0.25) is 0 Å². The lowest BCUT2D eigenvalue weighted by atomic mass is 10.0. The topological polar surface area (TPSA) is 26.0 Å². The Balaban J connectivity index is 3.29. The number of alkyl halides is 1. The zero-order valence-electron chi connectivity index (χ0n) is 5.52. The van der Waals surface area contributed by atoms with Gasteiger partial charge in [-0.05, 0) is 5.92 Å². The van der Waals surface area contributed by atoms with Crippen molar-refractivity contribution in [2.24, 2.45) is 11.7 Å². The van der Waals surface area contributed by atoms with Crippen LogP contribution in [0.1, 0.15) is 20.3 Å². The van der Waals surface area contributed by atoms with Crippen LogP contribution in [0.5, 0.6) is 0 Å². The summed E-state index contributed by atoms with van der Waals surface area (Å²) in [5, 5.41) is 0. The van der Waals surface area contributed by atoms with E-state index in [1.54, 1.807) is 0 Å². The lowest BCUT2D eigenvalue weighted by Gasteiger charge is -2.13. The molecule has 2 atom stereocenters. The summed E-state index contributed by atoms with van der Waals surface area (Å²) in [5.41, 5.74) is 5.60. The van der Waals surface area contributed by atoms with Gasteiger partial charge in [0.15, 0.2) is 0 Å². The van der Waals surface area contributed by atoms with Crippen molar-refractivity contribution in [3.63, 3.8) is 0 Å². The Hall–Kier alpha value is 0.250. The molecular weight excluding hydrogens is 122 g/mol. The Morgan fingerprint density at radius 1 is 1.62 bits per heavy atom. The van der Waals surface area contributed by atoms with Gasteiger partial charge in [-0.15, -0.1) is 11.6 Å². The van der Waals surface area contributed by atoms with E-state index < -0.39 is 0 Å². The molecule has 2 heteroatoms. The van der Waals surface area contributed by atoms with Crippen molar-refractivity contribution in [1.29, 1.82) is 0 Å². The highest BCUT2D eigenvalue weighted by Crippen LogP contribution is 2.05. The maximum Gasteiger partial charge on any atom is 0.0377 e. The number of nitrogens with two attached hydrogens (primary N) is 1. The Bertz CT molecular complexity index is 48.5. The lowest BCUT2D eigenvalue weighted by Crippen LogP contribution is -2.29. The van der Waals surface area contributed by atoms with Crippen LogP contribution in [0.25, 0.3) is 0 Å². The largest absolute Gasteiger partial charge is 0.326 e. The Morgan fingerprint density at radius 2 is 2.12 bits per heavy atom. The maximum absolute atomic E-state index is 5.60. The molecule has 8 heavy (non-hydrogen) atoms. The van der Waals surface area contributed by atoms with Gasteiger partial charge in [0.2, 0.25) is 0 Å². The standard InChI is InChI=1S/C6H14ClN/c1-3-5(2)6(8)4-7/h5-6H,3-4,8H2,1-2H3/t5?,6-/m1/s1. The van der Waals surface area contributed by atoms with E-state index >= 15 is 0 Å². The first kappa shape index (κ1) is 8.25. The predicted octanol–water partition coefficient (Wildman–Crippen LogP) is 1.60. The van der Waals surface area contributed by atoms with Gasteiger partial charge in [0, 0.05) is 11.9 Å². The molecule has 0 aromatic heterocycles. The average molecular weight is 136 g/mol. The van der Waals surface area contributed by atoms with E-state index in [1.807, 2.05) is 0 Å². The zero-order chi connectivity index (χ0) is 6.57. The zero-order valence-corrected chi connectivity index (χ0v) is 6.28. The summed E-state index contributed by atoms with van der Waals surface area (Å²) in [7, 11) is 0. The molecule has 0 bridgehead atoms. The third-order valence-electron chi connectivity index (χ3n) is 1.55. The smallest absolute Gasteiger partial charge is 0.0377 e. The van der Waals surface area contributed by atoms with Crippen LogP contribution in [-0.2, 0) is 0 Å². The predicted molar refractivity (Wildman–Crippen MR) is 38.2 cm³/mol. The van der Waals surface area contributed by atoms with E-state index in [-0.39, 0.29) is 6.04 Å². The van der Waals surface area contributed by atoms with E-state index in [9.17, 15) is 0 Å². The monoisotopic (exact) mass is 135 g/mol. The summed E-state index contributed by atoms with van der Waals surface area (Å²) in [4.78, 5) is 0. The van der Waals surface area contributed by atoms with Gasteiger partial charge in [0.1, 0.15) is 0 Å². The molecule has 0 fully saturated rings. The third-order valence-corrected chi connectivity index (χ3v) is 1.91. The average Bonchev–Trinajstić information content (AvgIpc) is 1.84. The first-order valence-electron chi connectivity index (χ1n) is 3.03. The highest BCUT2D eigenvalue weighted by atomic mass is 35.5. The Morgan fingerprint density at radius 3 is 2.25 bits per heavy atom. The van der Waals surface area contributed by atoms with E-state index in [4.69, 9.17) is 17.3 Å². The highest BCUT2D eigenvalue weighted by Gasteiger charge is 2.07. The van der Waals surface area contributed by atoms with Crippen molar-refractivity contribution in [3.05, 3.63) is 0 Å². The Labute approximate surface area is 56.2 Å². The Kier molecular flexibility index (Phi) is 4.29. The summed E-state index contributed by atoms with van der Waals surface area (Å²) < 4.78 is 0. The van der Waals surface area contributed by atoms with E-state index in [0.29, 0.717) is 11.8 Å². The quantitative estimate of drug-likeness (QED) is 0.585. The van der Waals surface area contributed by atoms with Gasteiger partial charge >= 0.3 is 0 Å². The molecule has 2 N–H and O–H groups in total. The van der Waals surface area contributed by atoms with E-state index in [1.165, 1.54) is 0 Å². The minimum atomic E-state index is 0.182. The molecule has 1 nitrogen and oxygen atoms in total. The first-order valence-corrected chi connectivity index (χ1v) is 3.57. The molecule has 1 unspecified atom stereocenters. The third kappa shape index (κ3) is 2.53. The maximum atomic E-state index is 5.60. The van der Waals surface area contributed by atoms with Gasteiger partial charge in [-0.25, -0.2) is 0 Å². The van der Waals surface area contributed by atoms with Crippen LogP contribution >= 0.6 is 11.6 Å². The van der Waals surface area contributed by atoms with Crippen LogP contribution in [0.15, 0.2) is 0 Å². The molecule has 0 radical (unpaired) electrons. The summed E-state index contributed by atoms with van der Waals surface area (Å²) in [6.07, 6.45) is 1.12. The lowest BCUT2D eigenvalue weighted by molar-refractivity contribution is 0.473. The van der Waals surface area contributed by atoms with E-state index in [0.717, 1.165) is 6.42 Å². The van der Waals surface area contributed by atoms with Crippen molar-refractivity contribution < 1.29 is 0 Å². The highest BCUT2D eigenvalue weighted by molar-refractivity contribution is 6.18. The molecule has 0 saturated heterocycles. The molecule has 0 aliphatic heterocycles. The van der Waals surface area contributed by atoms with Crippen molar-refractivity contribution in [1.82, 2.24) is 0 Å². The second kappa shape index (κ2) is 4.16. The van der Waals surface area contributed by atoms with Gasteiger partial charge in [-0.2, -0.15) is 0 Å². The summed E-state index contributed by atoms with van der Waals surface area (Å²) in [6.45, 7) is 4.24. The van der Waals surface area contributed by atoms with Gasteiger partial charge < -0.3 is 5.73 Å². The van der Waals surface area contributed by atoms with Crippen LogP contribution in [0.3, 0.4) is 0 Å². The number of hydrogen-bond acceptors (Lipinski definition) is 1. The van der Waals surface area contributed by atoms with Crippen LogP contribution < -0.4 is 5.73 Å². The first-order chi connectivity index (χ1) is 3.72. The van der Waals surface area contributed by atoms with Crippen molar-refractivity contribution in [2.45, 2.75) is 26.3 Å². The molecule has 0 rings (SSSR count). The number of hydrogen-bond donors (Lipinski definition) is 1. The fraction of sp³-hybridized carbons (Fsp3) is 1.00. The molecule has 0 saturated carbocycles. The SMILES string of the molecule is CCC(C)[C@H](N)CCl. The molecule has 0 aliphatic rings. The second-order valence-electron chi connectivity index (χ2n) is 2.20. The van der Waals surface area contributed by atoms with Crippen molar-refractivity contribution in [2.75, 3.05) is 5.88 Å². The molecule has 0 amide bonds. The fourth-order valence-electron chi connectivity index (χ4n) is 0.455. The van der Waals surface area contributed by atoms with Gasteiger partial charge in [-0.1, -0.05) is 20.3 Å². The summed E-state index contributed by atoms with van der Waals surface area (Å²) in [5.74, 6) is 1.14. The summed E-state index contributed by atoms with van der Waals surface area (Å²) >= 11 is 5.50. The molecule has 0 spiro atoms. The normalized spacial score (nSPS) is 18.0. The molecule has 0 aromatic rings. The van der Waals surface area contributed by atoms with Gasteiger partial charge in [0.05, 0.1) is 0 Å². The fourth-order valence-corrected chi connectivity index (χ4v) is 0.759. The van der Waals surface area contributed by atoms with Crippen molar-refractivity contribution in [3.8, 4) is 0 Å². The van der Waals surface area contributed by atoms with Crippen molar-refractivity contribution >= 4 is 11.6 Å². The van der Waals surface area contributed by atoms with Crippen LogP contribution in [-0.4, -0.2) is 11.9 Å². The van der Waals surface area contributed by atoms with Crippen LogP contribution in [0.4, 0.5) is 0 Å².